The number of carbonyl (C=O) groups is 1. The largest absolute Gasteiger partial charge is 0.454 e. The van der Waals surface area contributed by atoms with Crippen molar-refractivity contribution >= 4 is 17.2 Å². The van der Waals surface area contributed by atoms with Crippen LogP contribution in [-0.4, -0.2) is 53.7 Å². The van der Waals surface area contributed by atoms with Crippen LogP contribution < -0.4 is 14.8 Å². The molecule has 2 aromatic carbocycles. The molecule has 0 saturated carbocycles. The van der Waals surface area contributed by atoms with E-state index in [1.54, 1.807) is 11.4 Å². The van der Waals surface area contributed by atoms with Crippen molar-refractivity contribution in [2.24, 2.45) is 0 Å². The summed E-state index contributed by atoms with van der Waals surface area (Å²) in [6.07, 6.45) is -4.42. The molecular formula is C25H25F3N4O3S. The third kappa shape index (κ3) is 5.97. The molecular weight excluding hydrogens is 493 g/mol. The Morgan fingerprint density at radius 3 is 2.50 bits per heavy atom. The second-order valence-electron chi connectivity index (χ2n) is 8.75. The molecule has 1 N–H and O–H groups in total. The monoisotopic (exact) mass is 518 g/mol. The minimum Gasteiger partial charge on any atom is -0.454 e. The van der Waals surface area contributed by atoms with E-state index in [0.717, 1.165) is 61.4 Å². The number of benzene rings is 2. The molecule has 0 aliphatic carbocycles. The molecule has 7 nitrogen and oxygen atoms in total. The van der Waals surface area contributed by atoms with Crippen LogP contribution in [0.15, 0.2) is 47.8 Å². The van der Waals surface area contributed by atoms with Crippen molar-refractivity contribution in [3.8, 4) is 11.5 Å². The van der Waals surface area contributed by atoms with E-state index in [1.807, 2.05) is 12.1 Å². The molecule has 3 heterocycles. The summed E-state index contributed by atoms with van der Waals surface area (Å²) < 4.78 is 49.5. The number of ether oxygens (including phenoxy) is 2. The Hall–Kier alpha value is -3.15. The Morgan fingerprint density at radius 2 is 1.72 bits per heavy atom. The van der Waals surface area contributed by atoms with E-state index in [2.05, 4.69) is 26.2 Å². The van der Waals surface area contributed by atoms with Gasteiger partial charge in [-0.25, -0.2) is 4.98 Å². The summed E-state index contributed by atoms with van der Waals surface area (Å²) in [5.74, 6) is 1.18. The van der Waals surface area contributed by atoms with Crippen molar-refractivity contribution in [1.29, 1.82) is 0 Å². The van der Waals surface area contributed by atoms with Gasteiger partial charge in [-0.15, -0.1) is 11.3 Å². The van der Waals surface area contributed by atoms with E-state index in [0.29, 0.717) is 12.1 Å². The number of hydrogen-bond acceptors (Lipinski definition) is 7. The van der Waals surface area contributed by atoms with E-state index in [9.17, 15) is 18.0 Å². The van der Waals surface area contributed by atoms with Crippen LogP contribution in [0.4, 0.5) is 13.2 Å². The molecule has 0 radical (unpaired) electrons. The van der Waals surface area contributed by atoms with E-state index < -0.39 is 17.6 Å². The highest BCUT2D eigenvalue weighted by atomic mass is 32.1. The Kier molecular flexibility index (Phi) is 7.13. The Labute approximate surface area is 210 Å². The average Bonchev–Trinajstić information content (AvgIpc) is 3.53. The van der Waals surface area contributed by atoms with Crippen LogP contribution in [0, 0.1) is 0 Å². The number of amides is 1. The summed E-state index contributed by atoms with van der Waals surface area (Å²) in [7, 11) is 0. The zero-order chi connectivity index (χ0) is 25.1. The van der Waals surface area contributed by atoms with E-state index in [-0.39, 0.29) is 19.0 Å². The van der Waals surface area contributed by atoms with Gasteiger partial charge in [-0.05, 0) is 35.4 Å². The zero-order valence-electron chi connectivity index (χ0n) is 19.4. The van der Waals surface area contributed by atoms with Gasteiger partial charge < -0.3 is 14.8 Å². The first kappa shape index (κ1) is 24.5. The van der Waals surface area contributed by atoms with Gasteiger partial charge in [0, 0.05) is 44.6 Å². The number of fused-ring (bicyclic) bond motifs is 1. The first-order valence-corrected chi connectivity index (χ1v) is 12.4. The average molecular weight is 519 g/mol. The maximum Gasteiger partial charge on any atom is 0.416 e. The smallest absolute Gasteiger partial charge is 0.416 e. The molecule has 5 rings (SSSR count). The maximum absolute atomic E-state index is 12.9. The fraction of sp³-hybridized carbons (Fsp3) is 0.360. The van der Waals surface area contributed by atoms with Crippen molar-refractivity contribution in [3.63, 3.8) is 0 Å². The number of rotatable bonds is 7. The summed E-state index contributed by atoms with van der Waals surface area (Å²) in [6, 6.07) is 11.0. The molecule has 1 aromatic heterocycles. The van der Waals surface area contributed by atoms with Gasteiger partial charge in [0.1, 0.15) is 10.7 Å². The lowest BCUT2D eigenvalue weighted by atomic mass is 10.1. The first-order chi connectivity index (χ1) is 17.3. The van der Waals surface area contributed by atoms with Crippen molar-refractivity contribution in [3.05, 3.63) is 75.2 Å². The highest BCUT2D eigenvalue weighted by Gasteiger charge is 2.30. The summed E-state index contributed by atoms with van der Waals surface area (Å²) in [4.78, 5) is 21.6. The summed E-state index contributed by atoms with van der Waals surface area (Å²) in [5, 5.41) is 5.18. The van der Waals surface area contributed by atoms with Crippen molar-refractivity contribution in [2.45, 2.75) is 25.8 Å². The fourth-order valence-electron chi connectivity index (χ4n) is 4.21. The number of piperazine rings is 1. The van der Waals surface area contributed by atoms with Crippen molar-refractivity contribution in [2.75, 3.05) is 33.0 Å². The van der Waals surface area contributed by atoms with Crippen LogP contribution >= 0.6 is 11.3 Å². The number of nitrogens with one attached hydrogen (secondary N) is 1. The van der Waals surface area contributed by atoms with Crippen LogP contribution in [0.1, 0.15) is 32.2 Å². The van der Waals surface area contributed by atoms with Crippen LogP contribution in [0.25, 0.3) is 0 Å². The molecule has 36 heavy (non-hydrogen) atoms. The van der Waals surface area contributed by atoms with Gasteiger partial charge in [0.2, 0.25) is 6.79 Å². The van der Waals surface area contributed by atoms with Crippen LogP contribution in [0.2, 0.25) is 0 Å². The van der Waals surface area contributed by atoms with Crippen molar-refractivity contribution < 1.29 is 27.4 Å². The number of aromatic nitrogens is 1. The third-order valence-electron chi connectivity index (χ3n) is 6.16. The summed E-state index contributed by atoms with van der Waals surface area (Å²) in [5.41, 5.74) is 1.12. The number of nitrogens with zero attached hydrogens (tertiary/aromatic N) is 3. The van der Waals surface area contributed by atoms with Gasteiger partial charge in [-0.3, -0.25) is 14.6 Å². The molecule has 2 aliphatic rings. The first-order valence-electron chi connectivity index (χ1n) is 11.6. The maximum atomic E-state index is 12.9. The molecule has 1 saturated heterocycles. The number of hydrogen-bond donors (Lipinski definition) is 1. The number of carbonyl (C=O) groups excluding carboxylic acids is 1. The van der Waals surface area contributed by atoms with Gasteiger partial charge >= 0.3 is 6.18 Å². The number of halogens is 3. The summed E-state index contributed by atoms with van der Waals surface area (Å²) in [6.45, 7) is 5.40. The number of thiazole rings is 1. The Bertz CT molecular complexity index is 1230. The van der Waals surface area contributed by atoms with E-state index >= 15 is 0 Å². The summed E-state index contributed by atoms with van der Waals surface area (Å²) >= 11 is 1.41. The molecule has 11 heteroatoms. The fourth-order valence-corrected chi connectivity index (χ4v) is 5.03. The van der Waals surface area contributed by atoms with Crippen molar-refractivity contribution in [1.82, 2.24) is 20.1 Å². The molecule has 0 unspecified atom stereocenters. The van der Waals surface area contributed by atoms with Gasteiger partial charge in [-0.1, -0.05) is 18.2 Å². The second kappa shape index (κ2) is 10.5. The normalized spacial score (nSPS) is 16.3. The van der Waals surface area contributed by atoms with E-state index in [1.165, 1.54) is 23.0 Å². The highest BCUT2D eigenvalue weighted by Crippen LogP contribution is 2.33. The zero-order valence-corrected chi connectivity index (χ0v) is 20.2. The third-order valence-corrected chi connectivity index (χ3v) is 6.99. The SMILES string of the molecule is O=C(NCc1cccc(C(F)(F)F)c1)c1csc(CN2CCN(Cc3ccc4c(c3)OCO4)CC2)n1. The van der Waals surface area contributed by atoms with Gasteiger partial charge in [-0.2, -0.15) is 13.2 Å². The minimum absolute atomic E-state index is 0.000935. The second-order valence-corrected chi connectivity index (χ2v) is 9.69. The van der Waals surface area contributed by atoms with Crippen LogP contribution in [0.5, 0.6) is 11.5 Å². The Balaban J connectivity index is 1.08. The van der Waals surface area contributed by atoms with Gasteiger partial charge in [0.05, 0.1) is 12.1 Å². The predicted octanol–water partition coefficient (Wildman–Crippen LogP) is 4.14. The lowest BCUT2D eigenvalue weighted by Crippen LogP contribution is -2.45. The molecule has 0 bridgehead atoms. The minimum atomic E-state index is -4.42. The number of alkyl halides is 3. The molecule has 3 aromatic rings. The standard InChI is InChI=1S/C25H25F3N4O3S/c26-25(27,28)19-3-1-2-17(10-19)12-29-24(33)20-15-36-23(30-20)14-32-8-6-31(7-9-32)13-18-4-5-21-22(11-18)35-16-34-21/h1-5,10-11,15H,6-9,12-14,16H2,(H,29,33). The quantitative estimate of drug-likeness (QED) is 0.507. The lowest BCUT2D eigenvalue weighted by molar-refractivity contribution is -0.137. The molecule has 1 fully saturated rings. The lowest BCUT2D eigenvalue weighted by Gasteiger charge is -2.34. The molecule has 2 aliphatic heterocycles. The molecule has 0 atom stereocenters. The van der Waals surface area contributed by atoms with Crippen LogP contribution in [0.3, 0.4) is 0 Å². The molecule has 1 amide bonds. The highest BCUT2D eigenvalue weighted by molar-refractivity contribution is 7.09. The van der Waals surface area contributed by atoms with E-state index in [4.69, 9.17) is 9.47 Å². The van der Waals surface area contributed by atoms with Gasteiger partial charge in [0.25, 0.3) is 5.91 Å². The Morgan fingerprint density at radius 1 is 0.972 bits per heavy atom. The predicted molar refractivity (Wildman–Crippen MR) is 128 cm³/mol. The topological polar surface area (TPSA) is 66.9 Å². The van der Waals surface area contributed by atoms with Gasteiger partial charge in [0.15, 0.2) is 11.5 Å². The molecule has 0 spiro atoms. The molecule has 190 valence electrons. The van der Waals surface area contributed by atoms with Crippen LogP contribution in [-0.2, 0) is 25.8 Å².